The highest BCUT2D eigenvalue weighted by molar-refractivity contribution is 7.22. The third kappa shape index (κ3) is 5.20. The molecule has 0 aliphatic heterocycles. The molecule has 0 aliphatic carbocycles. The van der Waals surface area contributed by atoms with Gasteiger partial charge in [0.25, 0.3) is 0 Å². The number of thiazole rings is 1. The number of para-hydroxylation sites is 1. The molecule has 3 aromatic rings. The van der Waals surface area contributed by atoms with Crippen LogP contribution in [0.5, 0.6) is 11.5 Å². The average Bonchev–Trinajstić information content (AvgIpc) is 3.09. The number of hydrazone groups is 1. The molecule has 28 heavy (non-hydrogen) atoms. The first kappa shape index (κ1) is 19.6. The molecular weight excluding hydrogens is 378 g/mol. The van der Waals surface area contributed by atoms with Crippen molar-refractivity contribution in [2.75, 3.05) is 19.1 Å². The number of esters is 1. The number of fused-ring (bicyclic) bond motifs is 1. The number of hydrogen-bond donors (Lipinski definition) is 1. The minimum atomic E-state index is -0.428. The van der Waals surface area contributed by atoms with E-state index in [9.17, 15) is 4.79 Å². The molecule has 0 amide bonds. The highest BCUT2D eigenvalue weighted by atomic mass is 32.1. The molecule has 0 saturated heterocycles. The lowest BCUT2D eigenvalue weighted by Gasteiger charge is -2.12. The van der Waals surface area contributed by atoms with Crippen molar-refractivity contribution in [3.63, 3.8) is 0 Å². The Morgan fingerprint density at radius 2 is 2.07 bits per heavy atom. The zero-order chi connectivity index (χ0) is 19.9. The summed E-state index contributed by atoms with van der Waals surface area (Å²) in [6.45, 7) is 3.39. The fraction of sp³-hybridized carbons (Fsp3) is 0.250. The maximum atomic E-state index is 11.6. The van der Waals surface area contributed by atoms with Crippen LogP contribution in [0.15, 0.2) is 47.6 Å². The fourth-order valence-corrected chi connectivity index (χ4v) is 3.21. The third-order valence-electron chi connectivity index (χ3n) is 3.57. The molecule has 0 fully saturated rings. The van der Waals surface area contributed by atoms with Gasteiger partial charge in [-0.25, -0.2) is 9.78 Å². The van der Waals surface area contributed by atoms with Crippen LogP contribution >= 0.6 is 11.3 Å². The number of nitrogens with one attached hydrogen (secondary N) is 1. The molecule has 0 aliphatic rings. The Bertz CT molecular complexity index is 951. The predicted octanol–water partition coefficient (Wildman–Crippen LogP) is 4.08. The molecule has 7 nitrogen and oxygen atoms in total. The molecule has 3 rings (SSSR count). The quantitative estimate of drug-likeness (QED) is 0.349. The maximum Gasteiger partial charge on any atom is 0.344 e. The molecule has 0 atom stereocenters. The van der Waals surface area contributed by atoms with Crippen molar-refractivity contribution in [1.29, 1.82) is 0 Å². The number of anilines is 1. The van der Waals surface area contributed by atoms with Gasteiger partial charge < -0.3 is 14.2 Å². The number of carbonyl (C=O) groups excluding carboxylic acids is 1. The number of rotatable bonds is 8. The first-order valence-electron chi connectivity index (χ1n) is 8.70. The number of ether oxygens (including phenoxy) is 3. The molecule has 0 spiro atoms. The number of carbonyl (C=O) groups is 1. The van der Waals surface area contributed by atoms with E-state index in [2.05, 4.69) is 15.5 Å². The summed E-state index contributed by atoms with van der Waals surface area (Å²) in [4.78, 5) is 16.1. The third-order valence-corrected chi connectivity index (χ3v) is 4.51. The van der Waals surface area contributed by atoms with E-state index in [0.717, 1.165) is 15.8 Å². The normalized spacial score (nSPS) is 11.1. The smallest absolute Gasteiger partial charge is 0.344 e. The summed E-state index contributed by atoms with van der Waals surface area (Å²) < 4.78 is 17.0. The van der Waals surface area contributed by atoms with Crippen molar-refractivity contribution in [2.24, 2.45) is 5.10 Å². The standard InChI is InChI=1S/C20H21N3O4S/c1-13(2)27-19(24)12-26-16-9-8-14(10-17(16)25-3)11-21-23-20-22-15-6-4-5-7-18(15)28-20/h4-11,13H,12H2,1-3H3,(H,22,23)/b21-11+. The average molecular weight is 399 g/mol. The van der Waals surface area contributed by atoms with Gasteiger partial charge in [-0.05, 0) is 49.7 Å². The Labute approximate surface area is 167 Å². The first-order valence-corrected chi connectivity index (χ1v) is 9.52. The van der Waals surface area contributed by atoms with E-state index in [1.54, 1.807) is 32.2 Å². The van der Waals surface area contributed by atoms with E-state index < -0.39 is 5.97 Å². The summed E-state index contributed by atoms with van der Waals surface area (Å²) >= 11 is 1.53. The van der Waals surface area contributed by atoms with E-state index >= 15 is 0 Å². The second-order valence-corrected chi connectivity index (χ2v) is 7.12. The van der Waals surface area contributed by atoms with Crippen LogP contribution in [-0.2, 0) is 9.53 Å². The van der Waals surface area contributed by atoms with Crippen LogP contribution < -0.4 is 14.9 Å². The molecule has 2 aromatic carbocycles. The molecule has 146 valence electrons. The van der Waals surface area contributed by atoms with E-state index in [1.807, 2.05) is 30.3 Å². The summed E-state index contributed by atoms with van der Waals surface area (Å²) in [7, 11) is 1.54. The molecule has 0 bridgehead atoms. The van der Waals surface area contributed by atoms with Crippen LogP contribution in [0.3, 0.4) is 0 Å². The van der Waals surface area contributed by atoms with E-state index in [4.69, 9.17) is 14.2 Å². The van der Waals surface area contributed by atoms with Crippen molar-refractivity contribution in [1.82, 2.24) is 4.98 Å². The van der Waals surface area contributed by atoms with Gasteiger partial charge in [-0.3, -0.25) is 5.43 Å². The summed E-state index contributed by atoms with van der Waals surface area (Å²) in [5.41, 5.74) is 4.68. The van der Waals surface area contributed by atoms with Gasteiger partial charge in [-0.1, -0.05) is 23.5 Å². The monoisotopic (exact) mass is 399 g/mol. The zero-order valence-electron chi connectivity index (χ0n) is 15.8. The lowest BCUT2D eigenvalue weighted by atomic mass is 10.2. The molecule has 1 N–H and O–H groups in total. The summed E-state index contributed by atoms with van der Waals surface area (Å²) in [6, 6.07) is 13.2. The van der Waals surface area contributed by atoms with Crippen molar-refractivity contribution < 1.29 is 19.0 Å². The van der Waals surface area contributed by atoms with E-state index in [-0.39, 0.29) is 12.7 Å². The second kappa shape index (κ2) is 9.18. The van der Waals surface area contributed by atoms with Crippen LogP contribution in [0.4, 0.5) is 5.13 Å². The van der Waals surface area contributed by atoms with Crippen LogP contribution in [0.25, 0.3) is 10.2 Å². The van der Waals surface area contributed by atoms with Gasteiger partial charge in [0.05, 0.1) is 29.6 Å². The molecule has 8 heteroatoms. The van der Waals surface area contributed by atoms with Crippen LogP contribution in [0.1, 0.15) is 19.4 Å². The molecule has 0 radical (unpaired) electrons. The summed E-state index contributed by atoms with van der Waals surface area (Å²) in [6.07, 6.45) is 1.48. The van der Waals surface area contributed by atoms with Crippen molar-refractivity contribution in [3.8, 4) is 11.5 Å². The lowest BCUT2D eigenvalue weighted by Crippen LogP contribution is -2.18. The Balaban J connectivity index is 1.62. The fourth-order valence-electron chi connectivity index (χ4n) is 2.40. The molecular formula is C20H21N3O4S. The second-order valence-electron chi connectivity index (χ2n) is 6.09. The minimum absolute atomic E-state index is 0.179. The van der Waals surface area contributed by atoms with Crippen LogP contribution in [0.2, 0.25) is 0 Å². The van der Waals surface area contributed by atoms with Crippen molar-refractivity contribution >= 4 is 38.9 Å². The molecule has 0 unspecified atom stereocenters. The number of aromatic nitrogens is 1. The van der Waals surface area contributed by atoms with E-state index in [1.165, 1.54) is 18.4 Å². The van der Waals surface area contributed by atoms with Crippen LogP contribution in [-0.4, -0.2) is 37.0 Å². The largest absolute Gasteiger partial charge is 0.493 e. The zero-order valence-corrected chi connectivity index (χ0v) is 16.7. The SMILES string of the molecule is COc1cc(/C=N/Nc2nc3ccccc3s2)ccc1OCC(=O)OC(C)C. The molecule has 1 aromatic heterocycles. The highest BCUT2D eigenvalue weighted by Crippen LogP contribution is 2.28. The molecule has 0 saturated carbocycles. The van der Waals surface area contributed by atoms with Gasteiger partial charge >= 0.3 is 5.97 Å². The van der Waals surface area contributed by atoms with Gasteiger partial charge in [0, 0.05) is 0 Å². The van der Waals surface area contributed by atoms with Gasteiger partial charge in [-0.2, -0.15) is 5.10 Å². The Morgan fingerprint density at radius 3 is 2.82 bits per heavy atom. The number of benzene rings is 2. The van der Waals surface area contributed by atoms with Gasteiger partial charge in [0.2, 0.25) is 5.13 Å². The lowest BCUT2D eigenvalue weighted by molar-refractivity contribution is -0.149. The topological polar surface area (TPSA) is 82.0 Å². The van der Waals surface area contributed by atoms with Crippen molar-refractivity contribution in [3.05, 3.63) is 48.0 Å². The van der Waals surface area contributed by atoms with Gasteiger partial charge in [-0.15, -0.1) is 0 Å². The maximum absolute atomic E-state index is 11.6. The Hall–Kier alpha value is -3.13. The highest BCUT2D eigenvalue weighted by Gasteiger charge is 2.10. The predicted molar refractivity (Wildman–Crippen MR) is 111 cm³/mol. The Kier molecular flexibility index (Phi) is 6.44. The summed E-state index contributed by atoms with van der Waals surface area (Å²) in [5, 5.41) is 4.94. The Morgan fingerprint density at radius 1 is 1.25 bits per heavy atom. The van der Waals surface area contributed by atoms with Crippen LogP contribution in [0, 0.1) is 0 Å². The molecule has 1 heterocycles. The van der Waals surface area contributed by atoms with E-state index in [0.29, 0.717) is 16.6 Å². The number of methoxy groups -OCH3 is 1. The van der Waals surface area contributed by atoms with Gasteiger partial charge in [0.15, 0.2) is 18.1 Å². The first-order chi connectivity index (χ1) is 13.5. The summed E-state index contributed by atoms with van der Waals surface area (Å²) in [5.74, 6) is 0.531. The van der Waals surface area contributed by atoms with Gasteiger partial charge in [0.1, 0.15) is 0 Å². The number of hydrogen-bond acceptors (Lipinski definition) is 8. The van der Waals surface area contributed by atoms with Crippen molar-refractivity contribution in [2.45, 2.75) is 20.0 Å². The number of nitrogens with zero attached hydrogens (tertiary/aromatic N) is 2. The minimum Gasteiger partial charge on any atom is -0.493 e.